The Morgan fingerprint density at radius 1 is 1.19 bits per heavy atom. The fourth-order valence-electron chi connectivity index (χ4n) is 1.80. The highest BCUT2D eigenvalue weighted by molar-refractivity contribution is 6.09. The van der Waals surface area contributed by atoms with E-state index >= 15 is 0 Å². The molecule has 0 bridgehead atoms. The van der Waals surface area contributed by atoms with Crippen molar-refractivity contribution in [1.29, 1.82) is 0 Å². The van der Waals surface area contributed by atoms with Crippen LogP contribution in [0.4, 0.5) is 0 Å². The summed E-state index contributed by atoms with van der Waals surface area (Å²) in [6, 6.07) is 14.3. The minimum atomic E-state index is 0.711. The maximum atomic E-state index is 5.50. The smallest absolute Gasteiger partial charge is 0.143 e. The number of aliphatic imine (C=N–C) groups is 1. The predicted octanol–water partition coefficient (Wildman–Crippen LogP) is 2.07. The third-order valence-corrected chi connectivity index (χ3v) is 2.50. The molecule has 0 aromatic heterocycles. The highest BCUT2D eigenvalue weighted by Gasteiger charge is 2.05. The number of rotatable bonds is 2. The molecule has 3 N–H and O–H groups in total. The molecule has 82 valence electrons. The number of benzene rings is 2. The molecular weight excluding hydrogens is 198 g/mol. The monoisotopic (exact) mass is 213 g/mol. The average Bonchev–Trinajstić information content (AvgIpc) is 2.35. The summed E-state index contributed by atoms with van der Waals surface area (Å²) in [5, 5.41) is 2.36. The first kappa shape index (κ1) is 10.6. The fourth-order valence-corrected chi connectivity index (χ4v) is 1.80. The third kappa shape index (κ3) is 1.90. The van der Waals surface area contributed by atoms with Crippen molar-refractivity contribution in [3.05, 3.63) is 48.0 Å². The lowest BCUT2D eigenvalue weighted by atomic mass is 10.0. The van der Waals surface area contributed by atoms with Gasteiger partial charge in [0.2, 0.25) is 0 Å². The van der Waals surface area contributed by atoms with Crippen LogP contribution < -0.4 is 11.3 Å². The van der Waals surface area contributed by atoms with Crippen LogP contribution in [0.5, 0.6) is 0 Å². The van der Waals surface area contributed by atoms with Crippen molar-refractivity contribution in [3.8, 4) is 0 Å². The second-order valence-corrected chi connectivity index (χ2v) is 3.49. The minimum absolute atomic E-state index is 0.711. The summed E-state index contributed by atoms with van der Waals surface area (Å²) in [5.41, 5.74) is 3.71. The molecule has 0 aliphatic heterocycles. The molecule has 3 nitrogen and oxygen atoms in total. The lowest BCUT2D eigenvalue weighted by Gasteiger charge is -2.08. The lowest BCUT2D eigenvalue weighted by Crippen LogP contribution is -2.31. The van der Waals surface area contributed by atoms with E-state index in [2.05, 4.69) is 28.6 Å². The molecular formula is C13H15N3. The van der Waals surface area contributed by atoms with Crippen LogP contribution in [0.25, 0.3) is 10.8 Å². The van der Waals surface area contributed by atoms with Gasteiger partial charge in [-0.15, -0.1) is 0 Å². The Morgan fingerprint density at radius 3 is 2.69 bits per heavy atom. The largest absolute Gasteiger partial charge is 0.308 e. The van der Waals surface area contributed by atoms with Gasteiger partial charge in [0.05, 0.1) is 0 Å². The number of hydrogen-bond acceptors (Lipinski definition) is 2. The van der Waals surface area contributed by atoms with E-state index in [0.717, 1.165) is 16.8 Å². The zero-order valence-corrected chi connectivity index (χ0v) is 9.27. The molecule has 2 rings (SSSR count). The zero-order chi connectivity index (χ0) is 11.4. The SMILES string of the molecule is CCN=C(NN)c1cccc2ccccc12. The number of hydrogen-bond donors (Lipinski definition) is 2. The standard InChI is InChI=1S/C13H15N3/c1-2-15-13(16-14)12-9-5-7-10-6-3-4-8-11(10)12/h3-9H,2,14H2,1H3,(H,15,16). The van der Waals surface area contributed by atoms with Crippen LogP contribution in [-0.2, 0) is 0 Å². The molecule has 0 spiro atoms. The maximum Gasteiger partial charge on any atom is 0.143 e. The molecule has 0 fully saturated rings. The van der Waals surface area contributed by atoms with Crippen molar-refractivity contribution in [2.45, 2.75) is 6.92 Å². The van der Waals surface area contributed by atoms with E-state index in [4.69, 9.17) is 5.84 Å². The van der Waals surface area contributed by atoms with E-state index in [-0.39, 0.29) is 0 Å². The normalized spacial score (nSPS) is 11.8. The number of nitrogens with zero attached hydrogens (tertiary/aromatic N) is 1. The van der Waals surface area contributed by atoms with Gasteiger partial charge in [0.15, 0.2) is 0 Å². The molecule has 0 atom stereocenters. The summed E-state index contributed by atoms with van der Waals surface area (Å²) < 4.78 is 0. The van der Waals surface area contributed by atoms with Gasteiger partial charge < -0.3 is 5.43 Å². The van der Waals surface area contributed by atoms with E-state index in [1.807, 2.05) is 31.2 Å². The third-order valence-electron chi connectivity index (χ3n) is 2.50. The van der Waals surface area contributed by atoms with Gasteiger partial charge in [-0.25, -0.2) is 5.84 Å². The van der Waals surface area contributed by atoms with Crippen molar-refractivity contribution in [1.82, 2.24) is 5.43 Å². The first-order valence-corrected chi connectivity index (χ1v) is 5.36. The number of fused-ring (bicyclic) bond motifs is 1. The number of hydrazine groups is 1. The van der Waals surface area contributed by atoms with Crippen LogP contribution in [0.3, 0.4) is 0 Å². The molecule has 3 heteroatoms. The number of amidine groups is 1. The van der Waals surface area contributed by atoms with Gasteiger partial charge in [-0.05, 0) is 17.7 Å². The maximum absolute atomic E-state index is 5.50. The van der Waals surface area contributed by atoms with Gasteiger partial charge in [-0.3, -0.25) is 4.99 Å². The second-order valence-electron chi connectivity index (χ2n) is 3.49. The fraction of sp³-hybridized carbons (Fsp3) is 0.154. The molecule has 0 saturated carbocycles. The molecule has 0 unspecified atom stereocenters. The topological polar surface area (TPSA) is 50.4 Å². The van der Waals surface area contributed by atoms with Crippen molar-refractivity contribution in [2.24, 2.45) is 10.8 Å². The molecule has 16 heavy (non-hydrogen) atoms. The first-order valence-electron chi connectivity index (χ1n) is 5.36. The average molecular weight is 213 g/mol. The van der Waals surface area contributed by atoms with Gasteiger partial charge in [-0.1, -0.05) is 42.5 Å². The highest BCUT2D eigenvalue weighted by atomic mass is 15.2. The highest BCUT2D eigenvalue weighted by Crippen LogP contribution is 2.18. The summed E-state index contributed by atoms with van der Waals surface area (Å²) >= 11 is 0. The van der Waals surface area contributed by atoms with Crippen LogP contribution in [0.15, 0.2) is 47.5 Å². The van der Waals surface area contributed by atoms with E-state index in [1.165, 1.54) is 5.39 Å². The molecule has 0 heterocycles. The Hall–Kier alpha value is -1.87. The van der Waals surface area contributed by atoms with Crippen molar-refractivity contribution < 1.29 is 0 Å². The minimum Gasteiger partial charge on any atom is -0.308 e. The van der Waals surface area contributed by atoms with Crippen LogP contribution in [0, 0.1) is 0 Å². The molecule has 0 radical (unpaired) electrons. The Morgan fingerprint density at radius 2 is 1.94 bits per heavy atom. The summed E-state index contributed by atoms with van der Waals surface area (Å²) in [5.74, 6) is 6.24. The van der Waals surface area contributed by atoms with E-state index in [9.17, 15) is 0 Å². The van der Waals surface area contributed by atoms with Crippen LogP contribution in [-0.4, -0.2) is 12.4 Å². The Balaban J connectivity index is 2.64. The molecule has 2 aromatic carbocycles. The van der Waals surface area contributed by atoms with Crippen LogP contribution in [0.2, 0.25) is 0 Å². The predicted molar refractivity (Wildman–Crippen MR) is 68.3 cm³/mol. The second kappa shape index (κ2) is 4.77. The first-order chi connectivity index (χ1) is 7.86. The molecule has 2 aromatic rings. The number of nitrogens with one attached hydrogen (secondary N) is 1. The van der Waals surface area contributed by atoms with Gasteiger partial charge in [-0.2, -0.15) is 0 Å². The van der Waals surface area contributed by atoms with Crippen molar-refractivity contribution in [2.75, 3.05) is 6.54 Å². The lowest BCUT2D eigenvalue weighted by molar-refractivity contribution is 0.993. The van der Waals surface area contributed by atoms with Crippen molar-refractivity contribution in [3.63, 3.8) is 0 Å². The van der Waals surface area contributed by atoms with Crippen LogP contribution in [0.1, 0.15) is 12.5 Å². The summed E-state index contributed by atoms with van der Waals surface area (Å²) in [7, 11) is 0. The summed E-state index contributed by atoms with van der Waals surface area (Å²) in [6.07, 6.45) is 0. The molecule has 0 saturated heterocycles. The number of nitrogens with two attached hydrogens (primary N) is 1. The van der Waals surface area contributed by atoms with Gasteiger partial charge in [0, 0.05) is 12.1 Å². The Kier molecular flexibility index (Phi) is 3.17. The van der Waals surface area contributed by atoms with E-state index in [0.29, 0.717) is 6.54 Å². The van der Waals surface area contributed by atoms with Gasteiger partial charge in [0.1, 0.15) is 5.84 Å². The quantitative estimate of drug-likeness (QED) is 0.347. The van der Waals surface area contributed by atoms with Gasteiger partial charge in [0.25, 0.3) is 0 Å². The van der Waals surface area contributed by atoms with Crippen molar-refractivity contribution >= 4 is 16.6 Å². The van der Waals surface area contributed by atoms with E-state index < -0.39 is 0 Å². The van der Waals surface area contributed by atoms with Crippen LogP contribution >= 0.6 is 0 Å². The van der Waals surface area contributed by atoms with Gasteiger partial charge >= 0.3 is 0 Å². The molecule has 0 aliphatic carbocycles. The molecule has 0 aliphatic rings. The summed E-state index contributed by atoms with van der Waals surface area (Å²) in [4.78, 5) is 4.34. The summed E-state index contributed by atoms with van der Waals surface area (Å²) in [6.45, 7) is 2.70. The Bertz CT molecular complexity index is 512. The molecule has 0 amide bonds. The Labute approximate surface area is 95.0 Å². The van der Waals surface area contributed by atoms with E-state index in [1.54, 1.807) is 0 Å². The zero-order valence-electron chi connectivity index (χ0n) is 9.27.